The van der Waals surface area contributed by atoms with Gasteiger partial charge in [-0.25, -0.2) is 4.39 Å². The lowest BCUT2D eigenvalue weighted by Gasteiger charge is -2.18. The Labute approximate surface area is 196 Å². The zero-order valence-corrected chi connectivity index (χ0v) is 19.7. The Bertz CT molecular complexity index is 1120. The normalized spacial score (nSPS) is 11.8. The van der Waals surface area contributed by atoms with Crippen LogP contribution < -0.4 is 9.47 Å². The first-order valence-electron chi connectivity index (χ1n) is 9.41. The molecule has 0 N–H and O–H groups in total. The molecule has 0 fully saturated rings. The lowest BCUT2D eigenvalue weighted by Crippen LogP contribution is -2.12. The molecule has 0 aliphatic heterocycles. The van der Waals surface area contributed by atoms with Crippen molar-refractivity contribution in [2.24, 2.45) is 0 Å². The van der Waals surface area contributed by atoms with Crippen LogP contribution in [0.4, 0.5) is 4.39 Å². The summed E-state index contributed by atoms with van der Waals surface area (Å²) in [6.07, 6.45) is 1.61. The molecule has 0 unspecified atom stereocenters. The minimum Gasteiger partial charge on any atom is -0.493 e. The summed E-state index contributed by atoms with van der Waals surface area (Å²) in [6.45, 7) is 5.31. The number of nitrogens with zero attached hydrogens (tertiary/aromatic N) is 4. The second-order valence-electron chi connectivity index (χ2n) is 6.60. The number of hydrogen-bond donors (Lipinski definition) is 0. The number of aryl methyl sites for hydroxylation is 1. The van der Waals surface area contributed by atoms with Gasteiger partial charge in [0.05, 0.1) is 11.6 Å². The van der Waals surface area contributed by atoms with E-state index in [-0.39, 0.29) is 23.9 Å². The van der Waals surface area contributed by atoms with E-state index in [0.29, 0.717) is 38.2 Å². The number of thioether (sulfide) groups is 1. The van der Waals surface area contributed by atoms with Crippen molar-refractivity contribution >= 4 is 27.7 Å². The van der Waals surface area contributed by atoms with Crippen molar-refractivity contribution in [2.45, 2.75) is 17.3 Å². The van der Waals surface area contributed by atoms with Gasteiger partial charge in [-0.1, -0.05) is 24.4 Å². The first kappa shape index (κ1) is 23.7. The van der Waals surface area contributed by atoms with Gasteiger partial charge in [-0.2, -0.15) is 0 Å². The van der Waals surface area contributed by atoms with E-state index in [4.69, 9.17) is 9.47 Å². The molecule has 1 atom stereocenters. The van der Waals surface area contributed by atoms with E-state index in [9.17, 15) is 14.5 Å². The smallest absolute Gasteiger partial charge is 0.220 e. The summed E-state index contributed by atoms with van der Waals surface area (Å²) in [6, 6.07) is 9.33. The topological polar surface area (TPSA) is 92.3 Å². The molecule has 0 aliphatic carbocycles. The van der Waals surface area contributed by atoms with Crippen molar-refractivity contribution < 1.29 is 18.8 Å². The second-order valence-corrected chi connectivity index (χ2v) is 8.62. The summed E-state index contributed by atoms with van der Waals surface area (Å²) in [5, 5.41) is 19.6. The first-order chi connectivity index (χ1) is 15.3. The van der Waals surface area contributed by atoms with Crippen LogP contribution in [-0.2, 0) is 0 Å². The lowest BCUT2D eigenvalue weighted by molar-refractivity contribution is -0.479. The number of halogens is 2. The van der Waals surface area contributed by atoms with Gasteiger partial charge in [-0.3, -0.25) is 14.7 Å². The van der Waals surface area contributed by atoms with Crippen LogP contribution in [0.25, 0.3) is 5.69 Å². The number of nitro groups is 1. The number of methoxy groups -OCH3 is 1. The van der Waals surface area contributed by atoms with Crippen molar-refractivity contribution in [3.63, 3.8) is 0 Å². The van der Waals surface area contributed by atoms with Crippen LogP contribution in [-0.4, -0.2) is 39.9 Å². The highest BCUT2D eigenvalue weighted by Crippen LogP contribution is 2.43. The van der Waals surface area contributed by atoms with Crippen LogP contribution in [0.1, 0.15) is 16.6 Å². The minimum absolute atomic E-state index is 0.279. The zero-order chi connectivity index (χ0) is 23.3. The molecular weight excluding hydrogens is 503 g/mol. The maximum absolute atomic E-state index is 13.4. The second kappa shape index (κ2) is 10.6. The van der Waals surface area contributed by atoms with Crippen LogP contribution in [0, 0.1) is 22.9 Å². The van der Waals surface area contributed by atoms with E-state index in [1.54, 1.807) is 41.8 Å². The Balaban J connectivity index is 2.01. The van der Waals surface area contributed by atoms with Gasteiger partial charge in [0.25, 0.3) is 0 Å². The molecule has 8 nitrogen and oxygen atoms in total. The molecule has 3 rings (SSSR count). The third-order valence-corrected chi connectivity index (χ3v) is 6.18. The molecular formula is C21H20BrFN4O4S. The van der Waals surface area contributed by atoms with E-state index >= 15 is 0 Å². The molecule has 168 valence electrons. The Morgan fingerprint density at radius 3 is 2.69 bits per heavy atom. The maximum atomic E-state index is 13.4. The third kappa shape index (κ3) is 5.46. The number of ether oxygens (including phenoxy) is 2. The van der Waals surface area contributed by atoms with Gasteiger partial charge in [-0.15, -0.1) is 10.2 Å². The highest BCUT2D eigenvalue weighted by Gasteiger charge is 2.26. The van der Waals surface area contributed by atoms with Crippen molar-refractivity contribution in [3.05, 3.63) is 80.8 Å². The van der Waals surface area contributed by atoms with Crippen LogP contribution in [0.3, 0.4) is 0 Å². The summed E-state index contributed by atoms with van der Waals surface area (Å²) >= 11 is 4.65. The fraction of sp³-hybridized carbons (Fsp3) is 0.238. The molecule has 1 heterocycles. The molecule has 0 amide bonds. The number of hydrogen-bond acceptors (Lipinski definition) is 7. The number of rotatable bonds is 10. The van der Waals surface area contributed by atoms with E-state index in [2.05, 4.69) is 32.7 Å². The number of benzene rings is 2. The lowest BCUT2D eigenvalue weighted by atomic mass is 10.1. The summed E-state index contributed by atoms with van der Waals surface area (Å²) < 4.78 is 26.8. The standard InChI is InChI=1S/C21H20BrFN4O4S/c1-4-9-31-20-17(22)10-14(11-18(20)30-3)19(12-26(28)29)32-21-25-24-13(2)27(21)16-7-5-15(23)6-8-16/h4-8,10-11,19H,1,9,12H2,2-3H3/t19-/m0/s1. The molecule has 0 bridgehead atoms. The molecule has 0 radical (unpaired) electrons. The van der Waals surface area contributed by atoms with Gasteiger partial charge in [0, 0.05) is 10.6 Å². The molecule has 32 heavy (non-hydrogen) atoms. The van der Waals surface area contributed by atoms with Crippen LogP contribution in [0.2, 0.25) is 0 Å². The monoisotopic (exact) mass is 522 g/mol. The molecule has 1 aromatic heterocycles. The SMILES string of the molecule is C=CCOc1c(Br)cc([C@H](C[N+](=O)[O-])Sc2nnc(C)n2-c2ccc(F)cc2)cc1OC. The van der Waals surface area contributed by atoms with E-state index < -0.39 is 5.25 Å². The summed E-state index contributed by atoms with van der Waals surface area (Å²) in [5.41, 5.74) is 1.30. The van der Waals surface area contributed by atoms with Crippen molar-refractivity contribution in [1.82, 2.24) is 14.8 Å². The average molecular weight is 523 g/mol. The van der Waals surface area contributed by atoms with Crippen molar-refractivity contribution in [2.75, 3.05) is 20.3 Å². The molecule has 0 saturated carbocycles. The highest BCUT2D eigenvalue weighted by molar-refractivity contribution is 9.10. The molecule has 2 aromatic carbocycles. The molecule has 0 aliphatic rings. The predicted molar refractivity (Wildman–Crippen MR) is 123 cm³/mol. The van der Waals surface area contributed by atoms with Gasteiger partial charge < -0.3 is 9.47 Å². The quantitative estimate of drug-likeness (QED) is 0.157. The number of aromatic nitrogens is 3. The van der Waals surface area contributed by atoms with Crippen LogP contribution in [0.5, 0.6) is 11.5 Å². The van der Waals surface area contributed by atoms with E-state index in [1.807, 2.05) is 0 Å². The van der Waals surface area contributed by atoms with Crippen LogP contribution in [0.15, 0.2) is 58.7 Å². The Morgan fingerprint density at radius 2 is 2.06 bits per heavy atom. The third-order valence-electron chi connectivity index (χ3n) is 4.41. The highest BCUT2D eigenvalue weighted by atomic mass is 79.9. The summed E-state index contributed by atoms with van der Waals surface area (Å²) in [5.74, 6) is 1.12. The molecule has 11 heteroatoms. The average Bonchev–Trinajstić information content (AvgIpc) is 3.12. The first-order valence-corrected chi connectivity index (χ1v) is 11.1. The van der Waals surface area contributed by atoms with Crippen molar-refractivity contribution in [1.29, 1.82) is 0 Å². The van der Waals surface area contributed by atoms with Gasteiger partial charge in [0.2, 0.25) is 6.54 Å². The summed E-state index contributed by atoms with van der Waals surface area (Å²) in [7, 11) is 1.50. The van der Waals surface area contributed by atoms with Gasteiger partial charge in [-0.05, 0) is 64.8 Å². The summed E-state index contributed by atoms with van der Waals surface area (Å²) in [4.78, 5) is 11.1. The van der Waals surface area contributed by atoms with E-state index in [0.717, 1.165) is 0 Å². The molecule has 0 spiro atoms. The van der Waals surface area contributed by atoms with Gasteiger partial charge in [0.15, 0.2) is 16.7 Å². The molecule has 3 aromatic rings. The Morgan fingerprint density at radius 1 is 1.34 bits per heavy atom. The fourth-order valence-corrected chi connectivity index (χ4v) is 4.72. The maximum Gasteiger partial charge on any atom is 0.220 e. The van der Waals surface area contributed by atoms with Gasteiger partial charge in [0.1, 0.15) is 23.5 Å². The van der Waals surface area contributed by atoms with Crippen molar-refractivity contribution in [3.8, 4) is 17.2 Å². The van der Waals surface area contributed by atoms with Crippen LogP contribution >= 0.6 is 27.7 Å². The Kier molecular flexibility index (Phi) is 7.86. The Hall–Kier alpha value is -2.92. The fourth-order valence-electron chi connectivity index (χ4n) is 2.99. The van der Waals surface area contributed by atoms with Gasteiger partial charge >= 0.3 is 0 Å². The van der Waals surface area contributed by atoms with E-state index in [1.165, 1.54) is 31.0 Å². The largest absolute Gasteiger partial charge is 0.493 e. The predicted octanol–water partition coefficient (Wildman–Crippen LogP) is 5.16. The minimum atomic E-state index is -0.605. The molecule has 0 saturated heterocycles. The zero-order valence-electron chi connectivity index (χ0n) is 17.3.